The van der Waals surface area contributed by atoms with Crippen molar-refractivity contribution in [3.8, 4) is 0 Å². The molecule has 2 N–H and O–H groups in total. The second-order valence-corrected chi connectivity index (χ2v) is 4.29. The summed E-state index contributed by atoms with van der Waals surface area (Å²) in [4.78, 5) is 11.6. The summed E-state index contributed by atoms with van der Waals surface area (Å²) < 4.78 is 5.09. The SMILES string of the molecule is O=C(OCc1ccccc1)C(O)C1CCNC1. The number of hydrogen-bond donors (Lipinski definition) is 2. The van der Waals surface area contributed by atoms with Gasteiger partial charge in [-0.25, -0.2) is 4.79 Å². The highest BCUT2D eigenvalue weighted by atomic mass is 16.5. The van der Waals surface area contributed by atoms with Crippen LogP contribution in [0, 0.1) is 5.92 Å². The Kier molecular flexibility index (Phi) is 4.12. The molecule has 0 aliphatic carbocycles. The van der Waals surface area contributed by atoms with Crippen LogP contribution >= 0.6 is 0 Å². The van der Waals surface area contributed by atoms with Gasteiger partial charge in [-0.05, 0) is 18.5 Å². The first-order chi connectivity index (χ1) is 8.27. The maximum Gasteiger partial charge on any atom is 0.335 e. The van der Waals surface area contributed by atoms with Crippen LogP contribution in [0.15, 0.2) is 30.3 Å². The summed E-state index contributed by atoms with van der Waals surface area (Å²) in [5.74, 6) is -0.541. The molecule has 0 saturated carbocycles. The minimum atomic E-state index is -1.01. The van der Waals surface area contributed by atoms with Crippen molar-refractivity contribution in [1.29, 1.82) is 0 Å². The number of carbonyl (C=O) groups excluding carboxylic acids is 1. The van der Waals surface area contributed by atoms with Gasteiger partial charge in [-0.1, -0.05) is 30.3 Å². The molecule has 1 aliphatic rings. The largest absolute Gasteiger partial charge is 0.459 e. The highest BCUT2D eigenvalue weighted by Gasteiger charge is 2.29. The Morgan fingerprint density at radius 1 is 1.47 bits per heavy atom. The summed E-state index contributed by atoms with van der Waals surface area (Å²) in [5, 5.41) is 12.9. The van der Waals surface area contributed by atoms with Crippen molar-refractivity contribution in [2.24, 2.45) is 5.92 Å². The fourth-order valence-electron chi connectivity index (χ4n) is 1.95. The van der Waals surface area contributed by atoms with Crippen LogP contribution in [0.25, 0.3) is 0 Å². The molecule has 1 aromatic carbocycles. The van der Waals surface area contributed by atoms with Gasteiger partial charge in [0.05, 0.1) is 0 Å². The number of hydrogen-bond acceptors (Lipinski definition) is 4. The van der Waals surface area contributed by atoms with Gasteiger partial charge in [-0.2, -0.15) is 0 Å². The fourth-order valence-corrected chi connectivity index (χ4v) is 1.95. The van der Waals surface area contributed by atoms with Crippen LogP contribution in [-0.4, -0.2) is 30.3 Å². The van der Waals surface area contributed by atoms with E-state index in [1.165, 1.54) is 0 Å². The second-order valence-electron chi connectivity index (χ2n) is 4.29. The van der Waals surface area contributed by atoms with Gasteiger partial charge in [0.15, 0.2) is 6.10 Å². The topological polar surface area (TPSA) is 58.6 Å². The van der Waals surface area contributed by atoms with E-state index in [9.17, 15) is 9.90 Å². The molecule has 0 spiro atoms. The predicted octanol–water partition coefficient (Wildman–Crippen LogP) is 0.700. The van der Waals surface area contributed by atoms with Crippen molar-refractivity contribution in [3.63, 3.8) is 0 Å². The summed E-state index contributed by atoms with van der Waals surface area (Å²) in [6.07, 6.45) is -0.185. The molecule has 2 atom stereocenters. The minimum absolute atomic E-state index is 0.0155. The number of rotatable bonds is 4. The van der Waals surface area contributed by atoms with E-state index < -0.39 is 12.1 Å². The zero-order valence-corrected chi connectivity index (χ0v) is 9.63. The van der Waals surface area contributed by atoms with Crippen LogP contribution in [0.4, 0.5) is 0 Å². The molecular formula is C13H17NO3. The number of esters is 1. The van der Waals surface area contributed by atoms with E-state index in [4.69, 9.17) is 4.74 Å². The summed E-state index contributed by atoms with van der Waals surface area (Å²) in [5.41, 5.74) is 0.928. The zero-order chi connectivity index (χ0) is 12.1. The molecule has 2 unspecified atom stereocenters. The summed E-state index contributed by atoms with van der Waals surface area (Å²) in [7, 11) is 0. The Bertz CT molecular complexity index is 360. The molecule has 0 bridgehead atoms. The van der Waals surface area contributed by atoms with Crippen LogP contribution in [0.5, 0.6) is 0 Å². The van der Waals surface area contributed by atoms with Gasteiger partial charge in [0, 0.05) is 12.5 Å². The molecule has 4 nitrogen and oxygen atoms in total. The van der Waals surface area contributed by atoms with E-state index in [0.717, 1.165) is 18.5 Å². The van der Waals surface area contributed by atoms with E-state index in [2.05, 4.69) is 5.32 Å². The van der Waals surface area contributed by atoms with Crippen molar-refractivity contribution in [2.75, 3.05) is 13.1 Å². The quantitative estimate of drug-likeness (QED) is 0.754. The third-order valence-corrected chi connectivity index (χ3v) is 3.01. The maximum absolute atomic E-state index is 11.6. The van der Waals surface area contributed by atoms with E-state index in [0.29, 0.717) is 6.54 Å². The van der Waals surface area contributed by atoms with E-state index in [1.54, 1.807) is 0 Å². The fraction of sp³-hybridized carbons (Fsp3) is 0.462. The molecule has 1 fully saturated rings. The van der Waals surface area contributed by atoms with Gasteiger partial charge in [0.1, 0.15) is 6.61 Å². The summed E-state index contributed by atoms with van der Waals surface area (Å²) >= 11 is 0. The second kappa shape index (κ2) is 5.80. The molecule has 2 rings (SSSR count). The van der Waals surface area contributed by atoms with Crippen molar-refractivity contribution in [1.82, 2.24) is 5.32 Å². The maximum atomic E-state index is 11.6. The molecule has 0 radical (unpaired) electrons. The number of aliphatic hydroxyl groups excluding tert-OH is 1. The number of aliphatic hydroxyl groups is 1. The van der Waals surface area contributed by atoms with Crippen LogP contribution < -0.4 is 5.32 Å². The van der Waals surface area contributed by atoms with Crippen LogP contribution in [0.1, 0.15) is 12.0 Å². The first-order valence-corrected chi connectivity index (χ1v) is 5.86. The summed E-state index contributed by atoms with van der Waals surface area (Å²) in [6.45, 7) is 1.76. The van der Waals surface area contributed by atoms with Crippen molar-refractivity contribution >= 4 is 5.97 Å². The third-order valence-electron chi connectivity index (χ3n) is 3.01. The molecule has 1 heterocycles. The molecule has 1 saturated heterocycles. The average Bonchev–Trinajstić information content (AvgIpc) is 2.90. The van der Waals surface area contributed by atoms with Gasteiger partial charge in [-0.15, -0.1) is 0 Å². The smallest absolute Gasteiger partial charge is 0.335 e. The van der Waals surface area contributed by atoms with Crippen molar-refractivity contribution < 1.29 is 14.6 Å². The normalized spacial score (nSPS) is 21.1. The Labute approximate surface area is 101 Å². The van der Waals surface area contributed by atoms with E-state index in [-0.39, 0.29) is 12.5 Å². The molecule has 17 heavy (non-hydrogen) atoms. The van der Waals surface area contributed by atoms with Crippen LogP contribution in [0.3, 0.4) is 0 Å². The molecule has 0 amide bonds. The van der Waals surface area contributed by atoms with Gasteiger partial charge in [-0.3, -0.25) is 0 Å². The van der Waals surface area contributed by atoms with E-state index >= 15 is 0 Å². The zero-order valence-electron chi connectivity index (χ0n) is 9.63. The molecule has 1 aromatic rings. The van der Waals surface area contributed by atoms with Gasteiger partial charge in [0.2, 0.25) is 0 Å². The number of benzene rings is 1. The van der Waals surface area contributed by atoms with Crippen LogP contribution in [-0.2, 0) is 16.1 Å². The molecular weight excluding hydrogens is 218 g/mol. The van der Waals surface area contributed by atoms with Gasteiger partial charge < -0.3 is 15.2 Å². The van der Waals surface area contributed by atoms with Crippen LogP contribution in [0.2, 0.25) is 0 Å². The molecule has 4 heteroatoms. The number of ether oxygens (including phenoxy) is 1. The first-order valence-electron chi connectivity index (χ1n) is 5.86. The monoisotopic (exact) mass is 235 g/mol. The highest BCUT2D eigenvalue weighted by Crippen LogP contribution is 2.14. The standard InChI is InChI=1S/C13H17NO3/c15-12(11-6-7-14-8-11)13(16)17-9-10-4-2-1-3-5-10/h1-5,11-12,14-15H,6-9H2. The number of nitrogens with one attached hydrogen (secondary N) is 1. The van der Waals surface area contributed by atoms with Gasteiger partial charge in [0.25, 0.3) is 0 Å². The predicted molar refractivity (Wildman–Crippen MR) is 63.2 cm³/mol. The van der Waals surface area contributed by atoms with Crippen molar-refractivity contribution in [3.05, 3.63) is 35.9 Å². The lowest BCUT2D eigenvalue weighted by molar-refractivity contribution is -0.157. The van der Waals surface area contributed by atoms with Gasteiger partial charge >= 0.3 is 5.97 Å². The van der Waals surface area contributed by atoms with E-state index in [1.807, 2.05) is 30.3 Å². The third kappa shape index (κ3) is 3.28. The Hall–Kier alpha value is -1.39. The first kappa shape index (κ1) is 12.1. The lowest BCUT2D eigenvalue weighted by atomic mass is 10.0. The lowest BCUT2D eigenvalue weighted by Crippen LogP contribution is -2.32. The lowest BCUT2D eigenvalue weighted by Gasteiger charge is -2.15. The summed E-state index contributed by atoms with van der Waals surface area (Å²) in [6, 6.07) is 9.46. The molecule has 92 valence electrons. The minimum Gasteiger partial charge on any atom is -0.459 e. The average molecular weight is 235 g/mol. The Morgan fingerprint density at radius 3 is 2.88 bits per heavy atom. The molecule has 1 aliphatic heterocycles. The Balaban J connectivity index is 1.80. The highest BCUT2D eigenvalue weighted by molar-refractivity contribution is 5.74. The Morgan fingerprint density at radius 2 is 2.24 bits per heavy atom. The van der Waals surface area contributed by atoms with Crippen molar-refractivity contribution in [2.45, 2.75) is 19.1 Å². The molecule has 0 aromatic heterocycles. The number of carbonyl (C=O) groups is 1.